The monoisotopic (exact) mass is 264 g/mol. The molecule has 1 fully saturated rings. The summed E-state index contributed by atoms with van der Waals surface area (Å²) in [5, 5.41) is 12.1. The normalized spacial score (nSPS) is 21.4. The number of rotatable bonds is 4. The van der Waals surface area contributed by atoms with Gasteiger partial charge in [0.2, 0.25) is 0 Å². The molecule has 0 spiro atoms. The minimum absolute atomic E-state index is 0.0816. The minimum atomic E-state index is 0.0816. The van der Waals surface area contributed by atoms with E-state index < -0.39 is 0 Å². The van der Waals surface area contributed by atoms with Gasteiger partial charge in [0, 0.05) is 18.7 Å². The number of nitrogens with zero attached hydrogens (tertiary/aromatic N) is 2. The Bertz CT molecular complexity index is 448. The van der Waals surface area contributed by atoms with E-state index in [1.54, 1.807) is 6.92 Å². The van der Waals surface area contributed by atoms with Crippen LogP contribution < -0.4 is 4.74 Å². The number of para-hydroxylation sites is 1. The maximum absolute atomic E-state index is 8.87. The number of benzene rings is 1. The molecule has 2 rings (SSSR count). The Morgan fingerprint density at radius 3 is 3.05 bits per heavy atom. The van der Waals surface area contributed by atoms with Crippen LogP contribution in [0.25, 0.3) is 0 Å². The average Bonchev–Trinajstić information content (AvgIpc) is 2.45. The van der Waals surface area contributed by atoms with Gasteiger partial charge in [-0.25, -0.2) is 0 Å². The summed E-state index contributed by atoms with van der Waals surface area (Å²) < 4.78 is 11.5. The van der Waals surface area contributed by atoms with Crippen LogP contribution in [0.5, 0.6) is 5.75 Å². The third kappa shape index (κ3) is 3.68. The number of hydrogen-bond acceptors (Lipinski definition) is 5. The summed E-state index contributed by atoms with van der Waals surface area (Å²) in [5.41, 5.74) is 1.34. The first-order valence-electron chi connectivity index (χ1n) is 6.41. The van der Waals surface area contributed by atoms with E-state index in [4.69, 9.17) is 14.7 Å². The Morgan fingerprint density at radius 2 is 2.32 bits per heavy atom. The molecule has 5 nitrogen and oxygen atoms in total. The minimum Gasteiger partial charge on any atom is -0.490 e. The third-order valence-electron chi connectivity index (χ3n) is 3.19. The number of hydrogen-bond donors (Lipinski definition) is 1. The van der Waals surface area contributed by atoms with Gasteiger partial charge in [0.15, 0.2) is 0 Å². The Kier molecular flexibility index (Phi) is 4.76. The van der Waals surface area contributed by atoms with Crippen molar-refractivity contribution in [1.29, 1.82) is 0 Å². The highest BCUT2D eigenvalue weighted by Gasteiger charge is 2.18. The highest BCUT2D eigenvalue weighted by atomic mass is 16.5. The van der Waals surface area contributed by atoms with E-state index in [-0.39, 0.29) is 6.10 Å². The van der Waals surface area contributed by atoms with E-state index in [9.17, 15) is 0 Å². The molecule has 0 aromatic heterocycles. The van der Waals surface area contributed by atoms with E-state index in [0.717, 1.165) is 31.0 Å². The van der Waals surface area contributed by atoms with E-state index in [0.29, 0.717) is 12.3 Å². The molecule has 5 heteroatoms. The van der Waals surface area contributed by atoms with Crippen molar-refractivity contribution in [3.8, 4) is 5.75 Å². The van der Waals surface area contributed by atoms with Crippen molar-refractivity contribution in [3.05, 3.63) is 29.8 Å². The van der Waals surface area contributed by atoms with Crippen molar-refractivity contribution in [2.45, 2.75) is 13.0 Å². The molecule has 0 radical (unpaired) electrons. The standard InChI is InChI=1S/C14H20N2O3/c1-11(15-17)13-5-3-4-6-14(13)19-10-12-9-16(2)7-8-18-12/h3-6,12,17H,7-10H2,1-2H3. The molecular weight excluding hydrogens is 244 g/mol. The maximum atomic E-state index is 8.87. The van der Waals surface area contributed by atoms with Crippen LogP contribution in [-0.2, 0) is 4.74 Å². The first-order valence-corrected chi connectivity index (χ1v) is 6.41. The third-order valence-corrected chi connectivity index (χ3v) is 3.19. The van der Waals surface area contributed by atoms with Gasteiger partial charge in [-0.15, -0.1) is 0 Å². The summed E-state index contributed by atoms with van der Waals surface area (Å²) in [4.78, 5) is 2.23. The highest BCUT2D eigenvalue weighted by Crippen LogP contribution is 2.19. The Labute approximate surface area is 113 Å². The molecule has 1 aromatic carbocycles. The van der Waals surface area contributed by atoms with Gasteiger partial charge >= 0.3 is 0 Å². The fourth-order valence-corrected chi connectivity index (χ4v) is 2.10. The second kappa shape index (κ2) is 6.54. The Hall–Kier alpha value is -1.59. The summed E-state index contributed by atoms with van der Waals surface area (Å²) in [5.74, 6) is 0.717. The van der Waals surface area contributed by atoms with E-state index >= 15 is 0 Å². The molecule has 1 atom stereocenters. The van der Waals surface area contributed by atoms with Crippen molar-refractivity contribution in [2.24, 2.45) is 5.16 Å². The number of likely N-dealkylation sites (N-methyl/N-ethyl adjacent to an activating group) is 1. The fraction of sp³-hybridized carbons (Fsp3) is 0.500. The lowest BCUT2D eigenvalue weighted by atomic mass is 10.1. The first-order chi connectivity index (χ1) is 9.20. The lowest BCUT2D eigenvalue weighted by molar-refractivity contribution is -0.0403. The molecule has 0 aliphatic carbocycles. The van der Waals surface area contributed by atoms with Crippen molar-refractivity contribution in [3.63, 3.8) is 0 Å². The first kappa shape index (κ1) is 13.8. The van der Waals surface area contributed by atoms with Crippen LogP contribution in [-0.4, -0.2) is 55.3 Å². The van der Waals surface area contributed by atoms with E-state index in [2.05, 4.69) is 17.1 Å². The smallest absolute Gasteiger partial charge is 0.128 e. The molecule has 1 N–H and O–H groups in total. The van der Waals surface area contributed by atoms with E-state index in [1.165, 1.54) is 0 Å². The van der Waals surface area contributed by atoms with Gasteiger partial charge in [0.1, 0.15) is 18.5 Å². The van der Waals surface area contributed by atoms with Crippen LogP contribution in [0.1, 0.15) is 12.5 Å². The fourth-order valence-electron chi connectivity index (χ4n) is 2.10. The topological polar surface area (TPSA) is 54.3 Å². The molecule has 1 saturated heterocycles. The quantitative estimate of drug-likeness (QED) is 0.510. The van der Waals surface area contributed by atoms with Gasteiger partial charge in [-0.3, -0.25) is 0 Å². The lowest BCUT2D eigenvalue weighted by Crippen LogP contribution is -2.42. The molecular formula is C14H20N2O3. The molecule has 1 heterocycles. The van der Waals surface area contributed by atoms with Gasteiger partial charge in [-0.05, 0) is 26.1 Å². The second-order valence-electron chi connectivity index (χ2n) is 4.75. The molecule has 1 aliphatic heterocycles. The zero-order valence-electron chi connectivity index (χ0n) is 11.4. The highest BCUT2D eigenvalue weighted by molar-refractivity contribution is 6.00. The number of oxime groups is 1. The van der Waals surface area contributed by atoms with E-state index in [1.807, 2.05) is 24.3 Å². The summed E-state index contributed by atoms with van der Waals surface area (Å²) >= 11 is 0. The average molecular weight is 264 g/mol. The lowest BCUT2D eigenvalue weighted by Gasteiger charge is -2.30. The predicted octanol–water partition coefficient (Wildman–Crippen LogP) is 1.59. The summed E-state index contributed by atoms with van der Waals surface area (Å²) in [6, 6.07) is 7.54. The summed E-state index contributed by atoms with van der Waals surface area (Å²) in [7, 11) is 2.08. The van der Waals surface area contributed by atoms with Crippen molar-refractivity contribution >= 4 is 5.71 Å². The molecule has 1 aliphatic rings. The molecule has 0 saturated carbocycles. The number of morpholine rings is 1. The molecule has 19 heavy (non-hydrogen) atoms. The maximum Gasteiger partial charge on any atom is 0.128 e. The Morgan fingerprint density at radius 1 is 1.53 bits per heavy atom. The summed E-state index contributed by atoms with van der Waals surface area (Å²) in [6.45, 7) is 4.81. The van der Waals surface area contributed by atoms with Crippen molar-refractivity contribution in [2.75, 3.05) is 33.4 Å². The summed E-state index contributed by atoms with van der Waals surface area (Å²) in [6.07, 6.45) is 0.0816. The zero-order chi connectivity index (χ0) is 13.7. The second-order valence-corrected chi connectivity index (χ2v) is 4.75. The van der Waals surface area contributed by atoms with Crippen molar-refractivity contribution < 1.29 is 14.7 Å². The van der Waals surface area contributed by atoms with Crippen LogP contribution in [0.15, 0.2) is 29.4 Å². The molecule has 0 amide bonds. The van der Waals surface area contributed by atoms with Crippen LogP contribution in [0.2, 0.25) is 0 Å². The van der Waals surface area contributed by atoms with Crippen LogP contribution >= 0.6 is 0 Å². The van der Waals surface area contributed by atoms with Crippen LogP contribution in [0.4, 0.5) is 0 Å². The van der Waals surface area contributed by atoms with Crippen LogP contribution in [0, 0.1) is 0 Å². The molecule has 104 valence electrons. The van der Waals surface area contributed by atoms with Gasteiger partial charge in [-0.2, -0.15) is 0 Å². The molecule has 1 aromatic rings. The predicted molar refractivity (Wildman–Crippen MR) is 73.2 cm³/mol. The SMILES string of the molecule is CC(=NO)c1ccccc1OCC1CN(C)CCO1. The molecule has 0 bridgehead atoms. The number of ether oxygens (including phenoxy) is 2. The van der Waals surface area contributed by atoms with Gasteiger partial charge in [0.25, 0.3) is 0 Å². The largest absolute Gasteiger partial charge is 0.490 e. The van der Waals surface area contributed by atoms with Gasteiger partial charge in [0.05, 0.1) is 12.3 Å². The van der Waals surface area contributed by atoms with Crippen molar-refractivity contribution in [1.82, 2.24) is 4.90 Å². The van der Waals surface area contributed by atoms with Gasteiger partial charge < -0.3 is 19.6 Å². The van der Waals surface area contributed by atoms with Gasteiger partial charge in [-0.1, -0.05) is 17.3 Å². The zero-order valence-corrected chi connectivity index (χ0v) is 11.4. The molecule has 1 unspecified atom stereocenters. The van der Waals surface area contributed by atoms with Crippen LogP contribution in [0.3, 0.4) is 0 Å². The Balaban J connectivity index is 1.99.